The number of rotatable bonds is 7. The van der Waals surface area contributed by atoms with Crippen LogP contribution in [0.2, 0.25) is 5.02 Å². The van der Waals surface area contributed by atoms with E-state index in [0.717, 1.165) is 5.56 Å². The van der Waals surface area contributed by atoms with Gasteiger partial charge < -0.3 is 14.4 Å². The van der Waals surface area contributed by atoms with Crippen molar-refractivity contribution in [1.82, 2.24) is 9.62 Å². The van der Waals surface area contributed by atoms with Gasteiger partial charge in [-0.05, 0) is 48.9 Å². The summed E-state index contributed by atoms with van der Waals surface area (Å²) in [6, 6.07) is 12.9. The molecule has 7 nitrogen and oxygen atoms in total. The summed E-state index contributed by atoms with van der Waals surface area (Å²) in [7, 11) is -3.67. The van der Waals surface area contributed by atoms with Gasteiger partial charge in [-0.3, -0.25) is 4.79 Å². The molecule has 1 amide bonds. The molecule has 0 saturated carbocycles. The highest BCUT2D eigenvalue weighted by atomic mass is 35.5. The fourth-order valence-electron chi connectivity index (χ4n) is 2.86. The van der Waals surface area contributed by atoms with Crippen LogP contribution < -0.4 is 9.46 Å². The van der Waals surface area contributed by atoms with Crippen LogP contribution in [0.5, 0.6) is 5.75 Å². The molecule has 0 radical (unpaired) electrons. The van der Waals surface area contributed by atoms with Gasteiger partial charge in [-0.1, -0.05) is 23.7 Å². The van der Waals surface area contributed by atoms with E-state index in [1.165, 1.54) is 12.1 Å². The molecule has 1 aliphatic rings. The molecule has 1 atom stereocenters. The summed E-state index contributed by atoms with van der Waals surface area (Å²) in [5.41, 5.74) is 0.799. The van der Waals surface area contributed by atoms with Crippen molar-refractivity contribution in [2.24, 2.45) is 0 Å². The molecule has 2 aromatic carbocycles. The lowest BCUT2D eigenvalue weighted by atomic mass is 10.2. The second kappa shape index (κ2) is 9.58. The number of ether oxygens (including phenoxy) is 2. The lowest BCUT2D eigenvalue weighted by molar-refractivity contribution is -0.142. The summed E-state index contributed by atoms with van der Waals surface area (Å²) in [4.78, 5) is 14.2. The van der Waals surface area contributed by atoms with Crippen molar-refractivity contribution >= 4 is 27.5 Å². The molecule has 1 fully saturated rings. The maximum absolute atomic E-state index is 12.5. The molecule has 1 saturated heterocycles. The zero-order valence-corrected chi connectivity index (χ0v) is 17.6. The van der Waals surface area contributed by atoms with Crippen molar-refractivity contribution in [3.63, 3.8) is 0 Å². The predicted molar refractivity (Wildman–Crippen MR) is 109 cm³/mol. The van der Waals surface area contributed by atoms with Crippen LogP contribution in [0.4, 0.5) is 0 Å². The van der Waals surface area contributed by atoms with Crippen molar-refractivity contribution in [2.45, 2.75) is 24.5 Å². The van der Waals surface area contributed by atoms with Crippen LogP contribution in [0.1, 0.15) is 12.5 Å². The van der Waals surface area contributed by atoms with E-state index < -0.39 is 16.1 Å². The van der Waals surface area contributed by atoms with Gasteiger partial charge in [-0.15, -0.1) is 0 Å². The quantitative estimate of drug-likeness (QED) is 0.717. The Kier molecular flexibility index (Phi) is 7.13. The molecule has 29 heavy (non-hydrogen) atoms. The molecule has 9 heteroatoms. The lowest BCUT2D eigenvalue weighted by Crippen LogP contribution is -2.46. The minimum absolute atomic E-state index is 0.116. The average Bonchev–Trinajstić information content (AvgIpc) is 2.74. The molecule has 156 valence electrons. The highest BCUT2D eigenvalue weighted by Gasteiger charge is 2.24. The third-order valence-electron chi connectivity index (χ3n) is 4.50. The Balaban J connectivity index is 1.58. The Morgan fingerprint density at radius 2 is 1.76 bits per heavy atom. The number of halogens is 1. The van der Waals surface area contributed by atoms with Crippen LogP contribution in [0, 0.1) is 0 Å². The Labute approximate surface area is 175 Å². The smallest absolute Gasteiger partial charge is 0.263 e. The Bertz CT molecular complexity index is 926. The number of morpholine rings is 1. The van der Waals surface area contributed by atoms with E-state index in [2.05, 4.69) is 4.72 Å². The van der Waals surface area contributed by atoms with Crippen LogP contribution >= 0.6 is 11.6 Å². The average molecular weight is 439 g/mol. The first-order valence-corrected chi connectivity index (χ1v) is 11.1. The van der Waals surface area contributed by atoms with E-state index in [-0.39, 0.29) is 17.3 Å². The molecule has 0 bridgehead atoms. The van der Waals surface area contributed by atoms with Crippen LogP contribution in [-0.2, 0) is 26.1 Å². The Morgan fingerprint density at radius 3 is 2.38 bits per heavy atom. The molecule has 0 spiro atoms. The number of hydrogen-bond acceptors (Lipinski definition) is 5. The van der Waals surface area contributed by atoms with Gasteiger partial charge in [-0.25, -0.2) is 13.1 Å². The van der Waals surface area contributed by atoms with E-state index >= 15 is 0 Å². The fourth-order valence-corrected chi connectivity index (χ4v) is 4.00. The molecule has 0 aliphatic carbocycles. The second-order valence-corrected chi connectivity index (χ2v) is 8.82. The number of carbonyl (C=O) groups is 1. The van der Waals surface area contributed by atoms with Crippen molar-refractivity contribution in [2.75, 3.05) is 26.3 Å². The van der Waals surface area contributed by atoms with Crippen LogP contribution in [-0.4, -0.2) is 51.6 Å². The number of nitrogens with zero attached hydrogens (tertiary/aromatic N) is 1. The third-order valence-corrected chi connectivity index (χ3v) is 6.17. The highest BCUT2D eigenvalue weighted by molar-refractivity contribution is 7.89. The van der Waals surface area contributed by atoms with Gasteiger partial charge in [0.15, 0.2) is 6.10 Å². The minimum atomic E-state index is -3.67. The van der Waals surface area contributed by atoms with E-state index in [9.17, 15) is 13.2 Å². The van der Waals surface area contributed by atoms with E-state index in [4.69, 9.17) is 21.1 Å². The molecule has 1 aliphatic heterocycles. The number of amides is 1. The molecule has 1 heterocycles. The first-order chi connectivity index (χ1) is 13.8. The number of sulfonamides is 1. The van der Waals surface area contributed by atoms with Gasteiger partial charge in [0.2, 0.25) is 10.0 Å². The summed E-state index contributed by atoms with van der Waals surface area (Å²) >= 11 is 5.83. The molecular weight excluding hydrogens is 416 g/mol. The maximum Gasteiger partial charge on any atom is 0.263 e. The van der Waals surface area contributed by atoms with Gasteiger partial charge >= 0.3 is 0 Å². The minimum Gasteiger partial charge on any atom is -0.481 e. The monoisotopic (exact) mass is 438 g/mol. The third kappa shape index (κ3) is 5.93. The zero-order valence-electron chi connectivity index (χ0n) is 16.0. The van der Waals surface area contributed by atoms with Crippen molar-refractivity contribution in [3.05, 3.63) is 59.1 Å². The molecule has 3 rings (SSSR count). The first kappa shape index (κ1) is 21.6. The molecule has 0 aromatic heterocycles. The first-order valence-electron chi connectivity index (χ1n) is 9.22. The summed E-state index contributed by atoms with van der Waals surface area (Å²) < 4.78 is 38.4. The number of carbonyl (C=O) groups excluding carboxylic acids is 1. The SMILES string of the molecule is C[C@H](Oc1ccc(S(=O)(=O)NCc2ccc(Cl)cc2)cc1)C(=O)N1CCOCC1. The van der Waals surface area contributed by atoms with Crippen molar-refractivity contribution in [1.29, 1.82) is 0 Å². The number of hydrogen-bond donors (Lipinski definition) is 1. The number of nitrogens with one attached hydrogen (secondary N) is 1. The predicted octanol–water partition coefficient (Wildman–Crippen LogP) is 2.44. The summed E-state index contributed by atoms with van der Waals surface area (Å²) in [6.07, 6.45) is -0.668. The van der Waals surface area contributed by atoms with Crippen LogP contribution in [0.15, 0.2) is 53.4 Å². The lowest BCUT2D eigenvalue weighted by Gasteiger charge is -2.29. The number of benzene rings is 2. The summed E-state index contributed by atoms with van der Waals surface area (Å²) in [6.45, 7) is 3.97. The zero-order chi connectivity index (χ0) is 20.9. The van der Waals surface area contributed by atoms with Gasteiger partial charge in [0.05, 0.1) is 18.1 Å². The van der Waals surface area contributed by atoms with Gasteiger partial charge in [0, 0.05) is 24.7 Å². The summed E-state index contributed by atoms with van der Waals surface area (Å²) in [5, 5.41) is 0.591. The van der Waals surface area contributed by atoms with Gasteiger partial charge in [0.1, 0.15) is 5.75 Å². The van der Waals surface area contributed by atoms with Crippen molar-refractivity contribution in [3.8, 4) is 5.75 Å². The maximum atomic E-state index is 12.5. The van der Waals surface area contributed by atoms with E-state index in [1.807, 2.05) is 0 Å². The standard InChI is InChI=1S/C20H23ClN2O5S/c1-15(20(24)23-10-12-27-13-11-23)28-18-6-8-19(9-7-18)29(25,26)22-14-16-2-4-17(21)5-3-16/h2-9,15,22H,10-14H2,1H3/t15-/m0/s1. The van der Waals surface area contributed by atoms with Crippen LogP contribution in [0.3, 0.4) is 0 Å². The summed E-state index contributed by atoms with van der Waals surface area (Å²) in [5.74, 6) is 0.311. The molecule has 2 aromatic rings. The Morgan fingerprint density at radius 1 is 1.14 bits per heavy atom. The van der Waals surface area contributed by atoms with Crippen LogP contribution in [0.25, 0.3) is 0 Å². The highest BCUT2D eigenvalue weighted by Crippen LogP contribution is 2.18. The van der Waals surface area contributed by atoms with E-state index in [1.54, 1.807) is 48.2 Å². The normalized spacial score (nSPS) is 15.7. The molecule has 0 unspecified atom stereocenters. The van der Waals surface area contributed by atoms with Crippen molar-refractivity contribution < 1.29 is 22.7 Å². The van der Waals surface area contributed by atoms with E-state index in [0.29, 0.717) is 37.1 Å². The largest absolute Gasteiger partial charge is 0.481 e. The van der Waals surface area contributed by atoms with Gasteiger partial charge in [0.25, 0.3) is 5.91 Å². The molecular formula is C20H23ClN2O5S. The molecule has 1 N–H and O–H groups in total. The van der Waals surface area contributed by atoms with Gasteiger partial charge in [-0.2, -0.15) is 0 Å². The fraction of sp³-hybridized carbons (Fsp3) is 0.350. The topological polar surface area (TPSA) is 84.9 Å². The second-order valence-electron chi connectivity index (χ2n) is 6.62. The Hall–Kier alpha value is -2.13.